The first-order chi connectivity index (χ1) is 17.7. The van der Waals surface area contributed by atoms with Crippen LogP contribution in [0.2, 0.25) is 0 Å². The molecular formula is C31H60NO4S+. The maximum atomic E-state index is 10.4. The molecule has 0 aliphatic rings. The lowest BCUT2D eigenvalue weighted by atomic mass is 10.1. The molecule has 0 radical (unpaired) electrons. The van der Waals surface area contributed by atoms with Crippen LogP contribution in [0.1, 0.15) is 136 Å². The molecule has 0 amide bonds. The topological polar surface area (TPSA) is 74.6 Å². The van der Waals surface area contributed by atoms with Gasteiger partial charge in [0.25, 0.3) is 10.1 Å². The molecule has 0 fully saturated rings. The van der Waals surface area contributed by atoms with Crippen molar-refractivity contribution in [3.05, 3.63) is 24.3 Å². The summed E-state index contributed by atoms with van der Waals surface area (Å²) in [5.41, 5.74) is 0. The van der Waals surface area contributed by atoms with E-state index >= 15 is 0 Å². The maximum Gasteiger partial charge on any atom is 0.294 e. The van der Waals surface area contributed by atoms with E-state index in [4.69, 9.17) is 9.66 Å². The summed E-state index contributed by atoms with van der Waals surface area (Å²) in [4.78, 5) is -0.227. The average molecular weight is 543 g/mol. The van der Waals surface area contributed by atoms with Crippen molar-refractivity contribution in [2.75, 3.05) is 26.7 Å². The minimum atomic E-state index is -4.13. The highest BCUT2D eigenvalue weighted by atomic mass is 32.2. The van der Waals surface area contributed by atoms with Crippen LogP contribution >= 0.6 is 0 Å². The quantitative estimate of drug-likeness (QED) is 0.0870. The second-order valence-corrected chi connectivity index (χ2v) is 12.5. The molecule has 0 heterocycles. The van der Waals surface area contributed by atoms with Crippen LogP contribution in [-0.2, 0) is 10.1 Å². The smallest absolute Gasteiger partial charge is 0.294 e. The second kappa shape index (κ2) is 22.8. The lowest BCUT2D eigenvalue weighted by molar-refractivity contribution is -0.910. The first-order valence-corrected chi connectivity index (χ1v) is 16.7. The Morgan fingerprint density at radius 2 is 0.865 bits per heavy atom. The number of nitrogens with zero attached hydrogens (tertiary/aromatic N) is 1. The van der Waals surface area contributed by atoms with Crippen LogP contribution in [0.25, 0.3) is 0 Å². The third-order valence-electron chi connectivity index (χ3n) is 7.29. The molecule has 0 bridgehead atoms. The third kappa shape index (κ3) is 21.5. The molecule has 0 aromatic heterocycles. The van der Waals surface area contributed by atoms with Gasteiger partial charge < -0.3 is 9.59 Å². The van der Waals surface area contributed by atoms with Gasteiger partial charge in [-0.05, 0) is 62.8 Å². The predicted octanol–water partition coefficient (Wildman–Crippen LogP) is 9.15. The Kier molecular flexibility index (Phi) is 22.2. The summed E-state index contributed by atoms with van der Waals surface area (Å²) in [5, 5.41) is 8.75. The first kappa shape index (κ1) is 35.9. The van der Waals surface area contributed by atoms with E-state index in [2.05, 4.69) is 27.8 Å². The van der Waals surface area contributed by atoms with Gasteiger partial charge in [0.05, 0.1) is 31.6 Å². The Balaban J connectivity index is 0.000000970. The summed E-state index contributed by atoms with van der Waals surface area (Å²) in [6, 6.07) is 4.60. The summed E-state index contributed by atoms with van der Waals surface area (Å²) in [6.07, 6.45) is 25.9. The van der Waals surface area contributed by atoms with E-state index in [1.165, 1.54) is 152 Å². The fourth-order valence-corrected chi connectivity index (χ4v) is 5.26. The number of hydrogen-bond acceptors (Lipinski definition) is 3. The molecule has 1 aromatic carbocycles. The van der Waals surface area contributed by atoms with E-state index < -0.39 is 10.1 Å². The van der Waals surface area contributed by atoms with Crippen molar-refractivity contribution in [2.45, 2.75) is 141 Å². The van der Waals surface area contributed by atoms with Gasteiger partial charge in [-0.25, -0.2) is 0 Å². The molecule has 218 valence electrons. The van der Waals surface area contributed by atoms with Crippen molar-refractivity contribution in [2.24, 2.45) is 0 Å². The van der Waals surface area contributed by atoms with E-state index in [1.54, 1.807) is 0 Å². The van der Waals surface area contributed by atoms with Gasteiger partial charge in [0, 0.05) is 0 Å². The molecular weight excluding hydrogens is 482 g/mol. The van der Waals surface area contributed by atoms with E-state index in [0.717, 1.165) is 12.1 Å². The van der Waals surface area contributed by atoms with E-state index in [0.29, 0.717) is 0 Å². The normalized spacial score (nSPS) is 11.8. The van der Waals surface area contributed by atoms with Crippen LogP contribution in [0.4, 0.5) is 0 Å². The third-order valence-corrected chi connectivity index (χ3v) is 8.16. The Bertz CT molecular complexity index is 693. The van der Waals surface area contributed by atoms with Gasteiger partial charge in [-0.3, -0.25) is 4.55 Å². The summed E-state index contributed by atoms with van der Waals surface area (Å²) in [5.74, 6) is -0.0441. The van der Waals surface area contributed by atoms with Crippen molar-refractivity contribution in [1.82, 2.24) is 0 Å². The van der Waals surface area contributed by atoms with E-state index in [9.17, 15) is 8.42 Å². The molecule has 0 saturated heterocycles. The minimum absolute atomic E-state index is 0.0441. The van der Waals surface area contributed by atoms with Crippen molar-refractivity contribution < 1.29 is 22.6 Å². The van der Waals surface area contributed by atoms with Gasteiger partial charge >= 0.3 is 0 Å². The first-order valence-electron chi connectivity index (χ1n) is 15.3. The summed E-state index contributed by atoms with van der Waals surface area (Å²) in [6.45, 7) is 11.2. The molecule has 0 spiro atoms. The highest BCUT2D eigenvalue weighted by Gasteiger charge is 2.20. The zero-order valence-electron chi connectivity index (χ0n) is 24.7. The SMILES string of the molecule is CCCCCCCC[N+](C)(CCCCCCCC)CCCCCCCC.O=S(=O)(O)c1ccc(O)cc1. The van der Waals surface area contributed by atoms with Crippen molar-refractivity contribution in [3.63, 3.8) is 0 Å². The molecule has 6 heteroatoms. The van der Waals surface area contributed by atoms with Crippen LogP contribution < -0.4 is 0 Å². The van der Waals surface area contributed by atoms with Crippen LogP contribution in [0.5, 0.6) is 5.75 Å². The van der Waals surface area contributed by atoms with Crippen molar-refractivity contribution in [3.8, 4) is 5.75 Å². The molecule has 0 saturated carbocycles. The van der Waals surface area contributed by atoms with Crippen LogP contribution in [0, 0.1) is 0 Å². The number of rotatable bonds is 22. The Hall–Kier alpha value is -1.11. The zero-order valence-corrected chi connectivity index (χ0v) is 25.5. The van der Waals surface area contributed by atoms with Gasteiger partial charge in [-0.2, -0.15) is 8.42 Å². The van der Waals surface area contributed by atoms with Crippen LogP contribution in [0.3, 0.4) is 0 Å². The van der Waals surface area contributed by atoms with Gasteiger partial charge in [-0.15, -0.1) is 0 Å². The standard InChI is InChI=1S/C25H54N.C6H6O4S/c1-5-8-11-14-17-20-23-26(4,24-21-18-15-12-9-6-2)25-22-19-16-13-10-7-3;7-5-1-3-6(4-2-5)11(8,9)10/h5-25H2,1-4H3;1-4,7H,(H,8,9,10)/q+1;. The molecule has 0 aliphatic carbocycles. The van der Waals surface area contributed by atoms with Gasteiger partial charge in [-0.1, -0.05) is 97.8 Å². The molecule has 5 nitrogen and oxygen atoms in total. The number of unbranched alkanes of at least 4 members (excludes halogenated alkanes) is 15. The highest BCUT2D eigenvalue weighted by Crippen LogP contribution is 2.16. The maximum absolute atomic E-state index is 10.4. The number of phenolic OH excluding ortho intramolecular Hbond substituents is 1. The van der Waals surface area contributed by atoms with Gasteiger partial charge in [0.1, 0.15) is 5.75 Å². The van der Waals surface area contributed by atoms with E-state index in [-0.39, 0.29) is 10.6 Å². The average Bonchev–Trinajstić information content (AvgIpc) is 2.86. The fraction of sp³-hybridized carbons (Fsp3) is 0.806. The second-order valence-electron chi connectivity index (χ2n) is 11.1. The zero-order chi connectivity index (χ0) is 27.8. The Morgan fingerprint density at radius 3 is 1.16 bits per heavy atom. The number of quaternary nitrogens is 1. The molecule has 2 N–H and O–H groups in total. The molecule has 1 rings (SSSR count). The van der Waals surface area contributed by atoms with Gasteiger partial charge in [0.2, 0.25) is 0 Å². The minimum Gasteiger partial charge on any atom is -0.508 e. The van der Waals surface area contributed by atoms with Crippen LogP contribution in [0.15, 0.2) is 29.2 Å². The highest BCUT2D eigenvalue weighted by molar-refractivity contribution is 7.85. The number of benzene rings is 1. The summed E-state index contributed by atoms with van der Waals surface area (Å²) < 4.78 is 30.7. The lowest BCUT2D eigenvalue weighted by Gasteiger charge is -2.35. The van der Waals surface area contributed by atoms with Crippen molar-refractivity contribution in [1.29, 1.82) is 0 Å². The summed E-state index contributed by atoms with van der Waals surface area (Å²) in [7, 11) is -1.57. The van der Waals surface area contributed by atoms with E-state index in [1.807, 2.05) is 0 Å². The lowest BCUT2D eigenvalue weighted by Crippen LogP contribution is -2.46. The molecule has 37 heavy (non-hydrogen) atoms. The van der Waals surface area contributed by atoms with Crippen LogP contribution in [-0.4, -0.2) is 49.2 Å². The summed E-state index contributed by atoms with van der Waals surface area (Å²) >= 11 is 0. The molecule has 0 aliphatic heterocycles. The fourth-order valence-electron chi connectivity index (χ4n) is 4.78. The Morgan fingerprint density at radius 1 is 0.568 bits per heavy atom. The predicted molar refractivity (Wildman–Crippen MR) is 159 cm³/mol. The molecule has 0 atom stereocenters. The van der Waals surface area contributed by atoms with Crippen molar-refractivity contribution >= 4 is 10.1 Å². The monoisotopic (exact) mass is 542 g/mol. The molecule has 0 unspecified atom stereocenters. The number of phenols is 1. The van der Waals surface area contributed by atoms with Gasteiger partial charge in [0.15, 0.2) is 0 Å². The number of aromatic hydroxyl groups is 1. The molecule has 1 aromatic rings. The number of hydrogen-bond donors (Lipinski definition) is 2. The largest absolute Gasteiger partial charge is 0.508 e. The Labute approximate surface area is 230 Å².